The summed E-state index contributed by atoms with van der Waals surface area (Å²) in [6.07, 6.45) is -0.344. The lowest BCUT2D eigenvalue weighted by Crippen LogP contribution is -2.26. The van der Waals surface area contributed by atoms with Crippen LogP contribution in [0.2, 0.25) is 0 Å². The van der Waals surface area contributed by atoms with Crippen LogP contribution in [0.1, 0.15) is 30.9 Å². The van der Waals surface area contributed by atoms with Crippen molar-refractivity contribution in [3.8, 4) is 0 Å². The second kappa shape index (κ2) is 5.01. The molecular weight excluding hydrogens is 202 g/mol. The predicted molar refractivity (Wildman–Crippen MR) is 66.1 cm³/mol. The summed E-state index contributed by atoms with van der Waals surface area (Å²) < 4.78 is 4.71. The van der Waals surface area contributed by atoms with E-state index in [-0.39, 0.29) is 6.09 Å². The molecule has 0 atom stereocenters. The minimum atomic E-state index is -0.344. The van der Waals surface area contributed by atoms with Gasteiger partial charge in [-0.15, -0.1) is 0 Å². The van der Waals surface area contributed by atoms with Crippen LogP contribution in [0.15, 0.2) is 18.2 Å². The number of nitrogens with zero attached hydrogens (tertiary/aromatic N) is 1. The van der Waals surface area contributed by atoms with Crippen molar-refractivity contribution in [2.24, 2.45) is 0 Å². The van der Waals surface area contributed by atoms with Gasteiger partial charge in [-0.1, -0.05) is 26.0 Å². The van der Waals surface area contributed by atoms with Crippen LogP contribution in [-0.2, 0) is 4.74 Å². The summed E-state index contributed by atoms with van der Waals surface area (Å²) in [6, 6.07) is 6.16. The molecule has 3 heteroatoms. The summed E-state index contributed by atoms with van der Waals surface area (Å²) in [4.78, 5) is 13.0. The van der Waals surface area contributed by atoms with Gasteiger partial charge in [-0.3, -0.25) is 4.90 Å². The Morgan fingerprint density at radius 3 is 2.50 bits per heavy atom. The molecule has 3 nitrogen and oxygen atoms in total. The molecule has 1 amide bonds. The molecule has 88 valence electrons. The first kappa shape index (κ1) is 12.6. The summed E-state index contributed by atoms with van der Waals surface area (Å²) in [5, 5.41) is 0. The highest BCUT2D eigenvalue weighted by molar-refractivity contribution is 5.88. The van der Waals surface area contributed by atoms with Crippen molar-refractivity contribution in [2.75, 3.05) is 19.1 Å². The molecule has 0 aromatic heterocycles. The number of hydrogen-bond donors (Lipinski definition) is 0. The van der Waals surface area contributed by atoms with Gasteiger partial charge in [0.15, 0.2) is 0 Å². The van der Waals surface area contributed by atoms with Crippen molar-refractivity contribution >= 4 is 11.8 Å². The summed E-state index contributed by atoms with van der Waals surface area (Å²) >= 11 is 0. The van der Waals surface area contributed by atoms with Gasteiger partial charge < -0.3 is 4.74 Å². The molecular formula is C13H19NO2. The van der Waals surface area contributed by atoms with Crippen LogP contribution in [0.5, 0.6) is 0 Å². The molecule has 1 rings (SSSR count). The molecule has 0 N–H and O–H groups in total. The lowest BCUT2D eigenvalue weighted by Gasteiger charge is -2.19. The number of hydrogen-bond acceptors (Lipinski definition) is 2. The second-order valence-electron chi connectivity index (χ2n) is 4.23. The fourth-order valence-corrected chi connectivity index (χ4v) is 1.58. The zero-order valence-electron chi connectivity index (χ0n) is 10.6. The Morgan fingerprint density at radius 1 is 1.38 bits per heavy atom. The number of anilines is 1. The Morgan fingerprint density at radius 2 is 2.00 bits per heavy atom. The van der Waals surface area contributed by atoms with E-state index in [0.717, 1.165) is 11.3 Å². The Hall–Kier alpha value is -1.51. The number of aryl methyl sites for hydroxylation is 1. The fraction of sp³-hybridized carbons (Fsp3) is 0.462. The predicted octanol–water partition coefficient (Wildman–Crippen LogP) is 3.32. The number of carbonyl (C=O) groups is 1. The molecule has 1 aromatic rings. The largest absolute Gasteiger partial charge is 0.452 e. The number of benzene rings is 1. The highest BCUT2D eigenvalue weighted by atomic mass is 16.5. The van der Waals surface area contributed by atoms with Crippen molar-refractivity contribution in [1.82, 2.24) is 0 Å². The van der Waals surface area contributed by atoms with Crippen molar-refractivity contribution < 1.29 is 9.53 Å². The van der Waals surface area contributed by atoms with Gasteiger partial charge in [0.1, 0.15) is 0 Å². The first-order valence-electron chi connectivity index (χ1n) is 5.39. The number of ether oxygens (including phenoxy) is 1. The third-order valence-electron chi connectivity index (χ3n) is 2.71. The van der Waals surface area contributed by atoms with Gasteiger partial charge >= 0.3 is 6.09 Å². The van der Waals surface area contributed by atoms with Crippen LogP contribution >= 0.6 is 0 Å². The molecule has 0 aliphatic heterocycles. The molecule has 0 saturated carbocycles. The normalized spacial score (nSPS) is 10.4. The molecule has 0 unspecified atom stereocenters. The molecule has 0 aliphatic rings. The number of rotatable bonds is 2. The third-order valence-corrected chi connectivity index (χ3v) is 2.71. The van der Waals surface area contributed by atoms with E-state index in [1.165, 1.54) is 17.6 Å². The summed E-state index contributed by atoms with van der Waals surface area (Å²) in [7, 11) is 3.11. The fourth-order valence-electron chi connectivity index (χ4n) is 1.58. The van der Waals surface area contributed by atoms with Crippen LogP contribution in [0, 0.1) is 6.92 Å². The lowest BCUT2D eigenvalue weighted by atomic mass is 10.0. The smallest absolute Gasteiger partial charge is 0.413 e. The Bertz CT molecular complexity index is 386. The van der Waals surface area contributed by atoms with Crippen LogP contribution in [0.3, 0.4) is 0 Å². The van der Waals surface area contributed by atoms with Crippen molar-refractivity contribution in [3.05, 3.63) is 29.3 Å². The molecule has 16 heavy (non-hydrogen) atoms. The summed E-state index contributed by atoms with van der Waals surface area (Å²) in [6.45, 7) is 6.25. The van der Waals surface area contributed by atoms with E-state index >= 15 is 0 Å². The van der Waals surface area contributed by atoms with Gasteiger partial charge in [-0.25, -0.2) is 4.79 Å². The van der Waals surface area contributed by atoms with Crippen molar-refractivity contribution in [3.63, 3.8) is 0 Å². The molecule has 1 aromatic carbocycles. The highest BCUT2D eigenvalue weighted by Gasteiger charge is 2.14. The quantitative estimate of drug-likeness (QED) is 0.766. The molecule has 0 heterocycles. The highest BCUT2D eigenvalue weighted by Crippen LogP contribution is 2.25. The number of methoxy groups -OCH3 is 1. The minimum Gasteiger partial charge on any atom is -0.452 e. The maximum absolute atomic E-state index is 11.4. The molecule has 0 saturated heterocycles. The SMILES string of the molecule is COC(=O)N(C)c1cc(C(C)C)ccc1C. The van der Waals surface area contributed by atoms with E-state index in [2.05, 4.69) is 19.9 Å². The third kappa shape index (κ3) is 2.54. The van der Waals surface area contributed by atoms with Gasteiger partial charge in [0.2, 0.25) is 0 Å². The van der Waals surface area contributed by atoms with E-state index in [1.807, 2.05) is 19.1 Å². The van der Waals surface area contributed by atoms with Gasteiger partial charge in [-0.05, 0) is 30.0 Å². The maximum Gasteiger partial charge on any atom is 0.413 e. The average Bonchev–Trinajstić information content (AvgIpc) is 2.27. The number of amides is 1. The lowest BCUT2D eigenvalue weighted by molar-refractivity contribution is 0.180. The summed E-state index contributed by atoms with van der Waals surface area (Å²) in [5.74, 6) is 0.449. The van der Waals surface area contributed by atoms with Gasteiger partial charge in [0.05, 0.1) is 7.11 Å². The Labute approximate surface area is 97.0 Å². The van der Waals surface area contributed by atoms with Gasteiger partial charge in [0, 0.05) is 12.7 Å². The minimum absolute atomic E-state index is 0.344. The van der Waals surface area contributed by atoms with Gasteiger partial charge in [0.25, 0.3) is 0 Å². The maximum atomic E-state index is 11.4. The standard InChI is InChI=1S/C13H19NO2/c1-9(2)11-7-6-10(3)12(8-11)14(4)13(15)16-5/h6-9H,1-5H3. The van der Waals surface area contributed by atoms with Crippen LogP contribution in [-0.4, -0.2) is 20.3 Å². The average molecular weight is 221 g/mol. The van der Waals surface area contributed by atoms with Crippen LogP contribution in [0.25, 0.3) is 0 Å². The summed E-state index contributed by atoms with van der Waals surface area (Å²) in [5.41, 5.74) is 3.19. The number of carbonyl (C=O) groups excluding carboxylic acids is 1. The monoisotopic (exact) mass is 221 g/mol. The zero-order valence-corrected chi connectivity index (χ0v) is 10.6. The van der Waals surface area contributed by atoms with Gasteiger partial charge in [-0.2, -0.15) is 0 Å². The van der Waals surface area contributed by atoms with Crippen molar-refractivity contribution in [2.45, 2.75) is 26.7 Å². The van der Waals surface area contributed by atoms with Crippen LogP contribution in [0.4, 0.5) is 10.5 Å². The first-order chi connectivity index (χ1) is 7.47. The topological polar surface area (TPSA) is 29.5 Å². The molecule has 0 radical (unpaired) electrons. The van der Waals surface area contributed by atoms with E-state index in [9.17, 15) is 4.79 Å². The van der Waals surface area contributed by atoms with E-state index in [4.69, 9.17) is 4.74 Å². The van der Waals surface area contributed by atoms with E-state index < -0.39 is 0 Å². The van der Waals surface area contributed by atoms with Crippen LogP contribution < -0.4 is 4.90 Å². The Kier molecular flexibility index (Phi) is 3.93. The van der Waals surface area contributed by atoms with Crippen molar-refractivity contribution in [1.29, 1.82) is 0 Å². The molecule has 0 bridgehead atoms. The molecule has 0 spiro atoms. The molecule has 0 aliphatic carbocycles. The zero-order chi connectivity index (χ0) is 12.3. The van der Waals surface area contributed by atoms with E-state index in [0.29, 0.717) is 5.92 Å². The van der Waals surface area contributed by atoms with E-state index in [1.54, 1.807) is 7.05 Å². The second-order valence-corrected chi connectivity index (χ2v) is 4.23. The Balaban J connectivity index is 3.11. The molecule has 0 fully saturated rings. The first-order valence-corrected chi connectivity index (χ1v) is 5.39.